The van der Waals surface area contributed by atoms with E-state index >= 15 is 0 Å². The van der Waals surface area contributed by atoms with E-state index in [0.29, 0.717) is 13.2 Å². The average Bonchev–Trinajstić information content (AvgIpc) is 2.88. The molecular weight excluding hydrogens is 314 g/mol. The van der Waals surface area contributed by atoms with Crippen LogP contribution in [0.2, 0.25) is 0 Å². The zero-order valence-electron chi connectivity index (χ0n) is 13.3. The van der Waals surface area contributed by atoms with Gasteiger partial charge in [0, 0.05) is 24.5 Å². The first kappa shape index (κ1) is 17.4. The molecule has 1 N–H and O–H groups in total. The van der Waals surface area contributed by atoms with Crippen molar-refractivity contribution in [2.75, 3.05) is 13.2 Å². The third-order valence-electron chi connectivity index (χ3n) is 3.70. The fourth-order valence-electron chi connectivity index (χ4n) is 2.66. The normalized spacial score (nSPS) is 10.7. The molecule has 2 aromatic rings. The molecule has 0 amide bonds. The summed E-state index contributed by atoms with van der Waals surface area (Å²) in [5.74, 6) is -0.704. The summed E-state index contributed by atoms with van der Waals surface area (Å²) in [6, 6.07) is 9.55. The van der Waals surface area contributed by atoms with Gasteiger partial charge in [-0.3, -0.25) is 9.59 Å². The summed E-state index contributed by atoms with van der Waals surface area (Å²) in [6.07, 6.45) is 1.60. The van der Waals surface area contributed by atoms with Crippen LogP contribution in [0.3, 0.4) is 0 Å². The first-order valence-corrected chi connectivity index (χ1v) is 8.02. The van der Waals surface area contributed by atoms with E-state index in [0.717, 1.165) is 35.2 Å². The first-order valence-electron chi connectivity index (χ1n) is 7.65. The van der Waals surface area contributed by atoms with Crippen molar-refractivity contribution in [3.8, 4) is 11.1 Å². The third kappa shape index (κ3) is 4.09. The van der Waals surface area contributed by atoms with Gasteiger partial charge in [-0.05, 0) is 49.4 Å². The fourth-order valence-corrected chi connectivity index (χ4v) is 2.76. The van der Waals surface area contributed by atoms with Crippen LogP contribution in [0.5, 0.6) is 0 Å². The van der Waals surface area contributed by atoms with Gasteiger partial charge in [0.25, 0.3) is 11.0 Å². The predicted octanol–water partition coefficient (Wildman–Crippen LogP) is 3.91. The van der Waals surface area contributed by atoms with Gasteiger partial charge >= 0.3 is 0 Å². The van der Waals surface area contributed by atoms with Gasteiger partial charge in [0.15, 0.2) is 0 Å². The van der Waals surface area contributed by atoms with Crippen molar-refractivity contribution < 1.29 is 14.3 Å². The third-order valence-corrected chi connectivity index (χ3v) is 3.88. The van der Waals surface area contributed by atoms with E-state index in [1.54, 1.807) is 0 Å². The molecule has 4 nitrogen and oxygen atoms in total. The van der Waals surface area contributed by atoms with Crippen LogP contribution in [0, 0.1) is 6.92 Å². The highest BCUT2D eigenvalue weighted by atomic mass is 35.5. The van der Waals surface area contributed by atoms with Crippen molar-refractivity contribution in [2.24, 2.45) is 0 Å². The molecule has 0 saturated heterocycles. The Bertz CT molecular complexity index is 692. The number of nitrogens with one attached hydrogen (secondary N) is 1. The molecule has 0 spiro atoms. The van der Waals surface area contributed by atoms with E-state index in [4.69, 9.17) is 16.3 Å². The number of aromatic nitrogens is 1. The average molecular weight is 334 g/mol. The topological polar surface area (TPSA) is 59.2 Å². The molecule has 1 heterocycles. The summed E-state index contributed by atoms with van der Waals surface area (Å²) in [5, 5.41) is -0.982. The molecule has 0 unspecified atom stereocenters. The molecule has 0 radical (unpaired) electrons. The monoisotopic (exact) mass is 333 g/mol. The molecule has 1 aromatic heterocycles. The van der Waals surface area contributed by atoms with E-state index in [2.05, 4.69) is 4.98 Å². The number of carbonyl (C=O) groups excluding carboxylic acids is 2. The number of aryl methyl sites for hydroxylation is 1. The molecule has 0 fully saturated rings. The molecule has 0 bridgehead atoms. The standard InChI is InChI=1S/C18H20ClNO3/c1-3-23-11-7-10-14-12(2)20-16(17(21)18(19)22)15(14)13-8-5-4-6-9-13/h4-6,8-9,20H,3,7,10-11H2,1-2H3. The summed E-state index contributed by atoms with van der Waals surface area (Å²) >= 11 is 5.40. The molecule has 1 aromatic carbocycles. The second-order valence-electron chi connectivity index (χ2n) is 5.25. The Labute approximate surface area is 140 Å². The maximum absolute atomic E-state index is 12.1. The second kappa shape index (κ2) is 8.09. The van der Waals surface area contributed by atoms with Crippen LogP contribution in [-0.4, -0.2) is 29.2 Å². The largest absolute Gasteiger partial charge is 0.382 e. The Morgan fingerprint density at radius 3 is 2.52 bits per heavy atom. The van der Waals surface area contributed by atoms with Crippen LogP contribution in [-0.2, 0) is 16.0 Å². The molecule has 0 saturated carbocycles. The van der Waals surface area contributed by atoms with E-state index < -0.39 is 11.0 Å². The molecule has 5 heteroatoms. The zero-order valence-corrected chi connectivity index (χ0v) is 14.1. The number of hydrogen-bond donors (Lipinski definition) is 1. The summed E-state index contributed by atoms with van der Waals surface area (Å²) in [5.41, 5.74) is 3.82. The summed E-state index contributed by atoms with van der Waals surface area (Å²) in [7, 11) is 0. The number of carbonyl (C=O) groups is 2. The number of rotatable bonds is 8. The number of hydrogen-bond acceptors (Lipinski definition) is 3. The van der Waals surface area contributed by atoms with Gasteiger partial charge in [-0.25, -0.2) is 0 Å². The van der Waals surface area contributed by atoms with E-state index in [9.17, 15) is 9.59 Å². The van der Waals surface area contributed by atoms with Crippen LogP contribution in [0.1, 0.15) is 35.1 Å². The van der Waals surface area contributed by atoms with Gasteiger partial charge in [-0.1, -0.05) is 30.3 Å². The van der Waals surface area contributed by atoms with Gasteiger partial charge < -0.3 is 9.72 Å². The number of halogens is 1. The number of Topliss-reactive ketones (excluding diaryl/α,β-unsaturated/α-hetero) is 1. The lowest BCUT2D eigenvalue weighted by atomic mass is 9.96. The van der Waals surface area contributed by atoms with Crippen LogP contribution in [0.4, 0.5) is 0 Å². The Morgan fingerprint density at radius 1 is 1.22 bits per heavy atom. The maximum Gasteiger partial charge on any atom is 0.294 e. The highest BCUT2D eigenvalue weighted by molar-refractivity contribution is 6.83. The van der Waals surface area contributed by atoms with Gasteiger partial charge in [0.2, 0.25) is 0 Å². The van der Waals surface area contributed by atoms with Crippen molar-refractivity contribution in [3.05, 3.63) is 47.3 Å². The predicted molar refractivity (Wildman–Crippen MR) is 91.0 cm³/mol. The Morgan fingerprint density at radius 2 is 1.91 bits per heavy atom. The van der Waals surface area contributed by atoms with Crippen molar-refractivity contribution >= 4 is 22.6 Å². The quantitative estimate of drug-likeness (QED) is 0.345. The van der Waals surface area contributed by atoms with Gasteiger partial charge in [0.05, 0.1) is 5.69 Å². The number of H-pyrrole nitrogens is 1. The maximum atomic E-state index is 12.1. The van der Waals surface area contributed by atoms with E-state index in [-0.39, 0.29) is 5.69 Å². The number of ketones is 1. The molecule has 0 aliphatic carbocycles. The van der Waals surface area contributed by atoms with Crippen molar-refractivity contribution in [1.29, 1.82) is 0 Å². The van der Waals surface area contributed by atoms with Gasteiger partial charge in [-0.15, -0.1) is 0 Å². The van der Waals surface area contributed by atoms with Crippen molar-refractivity contribution in [3.63, 3.8) is 0 Å². The lowest BCUT2D eigenvalue weighted by Gasteiger charge is -2.08. The molecule has 2 rings (SSSR count). The van der Waals surface area contributed by atoms with E-state index in [1.807, 2.05) is 44.2 Å². The van der Waals surface area contributed by atoms with Crippen LogP contribution in [0.15, 0.2) is 30.3 Å². The molecule has 0 aliphatic heterocycles. The van der Waals surface area contributed by atoms with Crippen molar-refractivity contribution in [2.45, 2.75) is 26.7 Å². The number of benzene rings is 1. The van der Waals surface area contributed by atoms with Gasteiger partial charge in [-0.2, -0.15) is 0 Å². The minimum absolute atomic E-state index is 0.264. The summed E-state index contributed by atoms with van der Waals surface area (Å²) in [4.78, 5) is 26.5. The molecule has 122 valence electrons. The number of ether oxygens (including phenoxy) is 1. The summed E-state index contributed by atoms with van der Waals surface area (Å²) < 4.78 is 5.38. The fraction of sp³-hybridized carbons (Fsp3) is 0.333. The second-order valence-corrected chi connectivity index (χ2v) is 5.59. The minimum Gasteiger partial charge on any atom is -0.382 e. The highest BCUT2D eigenvalue weighted by Crippen LogP contribution is 2.32. The lowest BCUT2D eigenvalue weighted by Crippen LogP contribution is -2.09. The van der Waals surface area contributed by atoms with E-state index in [1.165, 1.54) is 0 Å². The molecule has 23 heavy (non-hydrogen) atoms. The first-order chi connectivity index (χ1) is 11.1. The Balaban J connectivity index is 2.44. The van der Waals surface area contributed by atoms with Gasteiger partial charge in [0.1, 0.15) is 0 Å². The van der Waals surface area contributed by atoms with Crippen molar-refractivity contribution in [1.82, 2.24) is 4.98 Å². The van der Waals surface area contributed by atoms with Crippen LogP contribution >= 0.6 is 11.6 Å². The zero-order chi connectivity index (χ0) is 16.8. The van der Waals surface area contributed by atoms with Crippen LogP contribution < -0.4 is 0 Å². The summed E-state index contributed by atoms with van der Waals surface area (Å²) in [6.45, 7) is 5.20. The Hall–Kier alpha value is -1.91. The molecule has 0 aliphatic rings. The SMILES string of the molecule is CCOCCCc1c(C)[nH]c(C(=O)C(=O)Cl)c1-c1ccccc1. The molecule has 0 atom stereocenters. The molecular formula is C18H20ClNO3. The lowest BCUT2D eigenvalue weighted by molar-refractivity contribution is -0.108. The smallest absolute Gasteiger partial charge is 0.294 e. The minimum atomic E-state index is -0.982. The Kier molecular flexibility index (Phi) is 6.13. The van der Waals surface area contributed by atoms with Crippen LogP contribution in [0.25, 0.3) is 11.1 Å². The highest BCUT2D eigenvalue weighted by Gasteiger charge is 2.24. The number of aromatic amines is 1.